The summed E-state index contributed by atoms with van der Waals surface area (Å²) >= 11 is 0. The molecular weight excluding hydrogens is 831 g/mol. The molecule has 9 aromatic carbocycles. The Kier molecular flexibility index (Phi) is 9.74. The number of para-hydroxylation sites is 1. The van der Waals surface area contributed by atoms with Crippen LogP contribution in [0.25, 0.3) is 101 Å². The Balaban J connectivity index is 0.745. The molecule has 0 atom stereocenters. The first-order chi connectivity index (χ1) is 33.9. The summed E-state index contributed by atoms with van der Waals surface area (Å²) in [6.07, 6.45) is 15.1. The summed E-state index contributed by atoms with van der Waals surface area (Å²) in [6, 6.07) is 73.5. The van der Waals surface area contributed by atoms with Crippen molar-refractivity contribution < 1.29 is 0 Å². The zero-order valence-electron chi connectivity index (χ0n) is 39.8. The third kappa shape index (κ3) is 6.74. The van der Waals surface area contributed by atoms with Gasteiger partial charge in [-0.25, -0.2) is 0 Å². The Morgan fingerprint density at radius 3 is 1.48 bits per heavy atom. The molecule has 69 heavy (non-hydrogen) atoms. The summed E-state index contributed by atoms with van der Waals surface area (Å²) in [5.74, 6) is 0. The Morgan fingerprint density at radius 1 is 0.377 bits per heavy atom. The molecule has 13 rings (SSSR count). The number of allylic oxidation sites excluding steroid dienone is 1. The lowest BCUT2D eigenvalue weighted by Crippen LogP contribution is -2.28. The van der Waals surface area contributed by atoms with Gasteiger partial charge >= 0.3 is 0 Å². The molecule has 1 aromatic heterocycles. The molecule has 0 saturated heterocycles. The first-order valence-electron chi connectivity index (χ1n) is 25.1. The Labute approximate surface area is 406 Å². The normalized spacial score (nSPS) is 15.3. The van der Waals surface area contributed by atoms with Gasteiger partial charge in [0.1, 0.15) is 0 Å². The van der Waals surface area contributed by atoms with Crippen molar-refractivity contribution in [1.82, 2.24) is 4.57 Å². The van der Waals surface area contributed by atoms with Crippen LogP contribution in [-0.4, -0.2) is 4.57 Å². The standard InChI is InChI=1S/C68H55N/c1-4-12-45-19-25-49(26-20-45)52-31-35-57-58-36-32-53(43-64(58)68(63(57)42-52)39-10-5-11-40-68)50-29-23-47(24-30-50)18-17-46-21-27-48(28-22-46)51-33-38-66-60(41-51)59-14-7-9-16-65(59)69(66)54-34-37-56-55-13-6-8-15-61(55)67(2,3)62(56)44-54/h4,6-9,12-38,41-44H,5,10-11,39-40H2,1-3H3/b12-4+,18-17+. The summed E-state index contributed by atoms with van der Waals surface area (Å²) in [7, 11) is 0. The van der Waals surface area contributed by atoms with Crippen molar-refractivity contribution in [1.29, 1.82) is 0 Å². The quantitative estimate of drug-likeness (QED) is 0.141. The topological polar surface area (TPSA) is 4.93 Å². The fourth-order valence-electron chi connectivity index (χ4n) is 12.6. The van der Waals surface area contributed by atoms with Crippen LogP contribution in [0.4, 0.5) is 0 Å². The summed E-state index contributed by atoms with van der Waals surface area (Å²) in [6.45, 7) is 6.79. The molecule has 0 aliphatic heterocycles. The van der Waals surface area contributed by atoms with Crippen molar-refractivity contribution >= 4 is 40.0 Å². The van der Waals surface area contributed by atoms with E-state index in [4.69, 9.17) is 0 Å². The van der Waals surface area contributed by atoms with Gasteiger partial charge in [0, 0.05) is 27.3 Å². The average molecular weight is 886 g/mol. The third-order valence-corrected chi connectivity index (χ3v) is 16.1. The number of fused-ring (bicyclic) bond motifs is 11. The molecular formula is C68H55N. The van der Waals surface area contributed by atoms with E-state index in [1.165, 1.54) is 154 Å². The van der Waals surface area contributed by atoms with Crippen molar-refractivity contribution in [3.63, 3.8) is 0 Å². The average Bonchev–Trinajstić information content (AvgIpc) is 3.95. The van der Waals surface area contributed by atoms with Gasteiger partial charge in [-0.2, -0.15) is 0 Å². The Morgan fingerprint density at radius 2 is 0.855 bits per heavy atom. The molecule has 0 N–H and O–H groups in total. The van der Waals surface area contributed by atoms with Gasteiger partial charge in [-0.15, -0.1) is 0 Å². The molecule has 0 radical (unpaired) electrons. The van der Waals surface area contributed by atoms with Crippen LogP contribution in [0.2, 0.25) is 0 Å². The van der Waals surface area contributed by atoms with Gasteiger partial charge in [-0.1, -0.05) is 209 Å². The summed E-state index contributed by atoms with van der Waals surface area (Å²) in [5, 5.41) is 2.54. The van der Waals surface area contributed by atoms with Gasteiger partial charge in [0.05, 0.1) is 11.0 Å². The van der Waals surface area contributed by atoms with Crippen LogP contribution in [0.3, 0.4) is 0 Å². The minimum atomic E-state index is -0.0527. The van der Waals surface area contributed by atoms with Gasteiger partial charge in [0.2, 0.25) is 0 Å². The molecule has 1 heterocycles. The maximum atomic E-state index is 2.53. The maximum Gasteiger partial charge on any atom is 0.0541 e. The highest BCUT2D eigenvalue weighted by Gasteiger charge is 2.44. The lowest BCUT2D eigenvalue weighted by molar-refractivity contribution is 0.353. The summed E-state index contributed by atoms with van der Waals surface area (Å²) in [5.41, 5.74) is 26.4. The highest BCUT2D eigenvalue weighted by molar-refractivity contribution is 6.10. The lowest BCUT2D eigenvalue weighted by atomic mass is 9.67. The van der Waals surface area contributed by atoms with Crippen LogP contribution in [0, 0.1) is 0 Å². The van der Waals surface area contributed by atoms with Crippen LogP contribution in [-0.2, 0) is 10.8 Å². The van der Waals surface area contributed by atoms with E-state index in [1.54, 1.807) is 0 Å². The van der Waals surface area contributed by atoms with Crippen LogP contribution >= 0.6 is 0 Å². The van der Waals surface area contributed by atoms with Crippen molar-refractivity contribution in [3.05, 3.63) is 239 Å². The van der Waals surface area contributed by atoms with E-state index in [9.17, 15) is 0 Å². The second-order valence-corrected chi connectivity index (χ2v) is 20.3. The van der Waals surface area contributed by atoms with E-state index < -0.39 is 0 Å². The zero-order valence-corrected chi connectivity index (χ0v) is 39.8. The highest BCUT2D eigenvalue weighted by atomic mass is 15.0. The number of nitrogens with zero attached hydrogens (tertiary/aromatic N) is 1. The number of benzene rings is 9. The van der Waals surface area contributed by atoms with Crippen molar-refractivity contribution in [2.45, 2.75) is 63.7 Å². The van der Waals surface area contributed by atoms with Gasteiger partial charge in [-0.05, 0) is 157 Å². The van der Waals surface area contributed by atoms with E-state index in [0.29, 0.717) is 0 Å². The first-order valence-corrected chi connectivity index (χ1v) is 25.1. The van der Waals surface area contributed by atoms with Crippen molar-refractivity contribution in [2.75, 3.05) is 0 Å². The molecule has 1 fully saturated rings. The second-order valence-electron chi connectivity index (χ2n) is 20.3. The number of hydrogen-bond acceptors (Lipinski definition) is 0. The third-order valence-electron chi connectivity index (χ3n) is 16.1. The predicted molar refractivity (Wildman–Crippen MR) is 294 cm³/mol. The largest absolute Gasteiger partial charge is 0.309 e. The SMILES string of the molecule is C/C=C/c1ccc(-c2ccc3c(c2)C2(CCCCC2)c2cc(-c4ccc(/C=C/c5ccc(-c6ccc7c(c6)c6ccccc6n7-c6ccc7c(c6)C(C)(C)c6ccccc6-7)cc5)cc4)ccc2-3)cc1. The van der Waals surface area contributed by atoms with E-state index in [0.717, 1.165) is 0 Å². The molecule has 1 spiro atoms. The smallest absolute Gasteiger partial charge is 0.0541 e. The van der Waals surface area contributed by atoms with Crippen LogP contribution < -0.4 is 0 Å². The molecule has 3 aliphatic rings. The molecule has 3 aliphatic carbocycles. The molecule has 0 amide bonds. The van der Waals surface area contributed by atoms with Crippen LogP contribution in [0.5, 0.6) is 0 Å². The molecule has 332 valence electrons. The van der Waals surface area contributed by atoms with E-state index in [1.807, 2.05) is 0 Å². The molecule has 1 saturated carbocycles. The van der Waals surface area contributed by atoms with Gasteiger partial charge in [-0.3, -0.25) is 0 Å². The number of rotatable bonds is 7. The van der Waals surface area contributed by atoms with E-state index in [-0.39, 0.29) is 10.8 Å². The maximum absolute atomic E-state index is 2.53. The van der Waals surface area contributed by atoms with Gasteiger partial charge < -0.3 is 4.57 Å². The molecule has 10 aromatic rings. The second kappa shape index (κ2) is 16.2. The summed E-state index contributed by atoms with van der Waals surface area (Å²) in [4.78, 5) is 0. The molecule has 0 bridgehead atoms. The zero-order chi connectivity index (χ0) is 46.3. The number of hydrogen-bond donors (Lipinski definition) is 0. The molecule has 1 heteroatoms. The highest BCUT2D eigenvalue weighted by Crippen LogP contribution is 2.57. The predicted octanol–water partition coefficient (Wildman–Crippen LogP) is 18.5. The van der Waals surface area contributed by atoms with Crippen molar-refractivity contribution in [3.8, 4) is 61.3 Å². The first kappa shape index (κ1) is 41.4. The Bertz CT molecular complexity index is 3700. The Hall–Kier alpha value is -7.74. The van der Waals surface area contributed by atoms with E-state index in [2.05, 4.69) is 244 Å². The molecule has 0 unspecified atom stereocenters. The summed E-state index contributed by atoms with van der Waals surface area (Å²) < 4.78 is 2.45. The van der Waals surface area contributed by atoms with Gasteiger partial charge in [0.15, 0.2) is 0 Å². The van der Waals surface area contributed by atoms with E-state index >= 15 is 0 Å². The minimum absolute atomic E-state index is 0.0527. The lowest BCUT2D eigenvalue weighted by Gasteiger charge is -2.36. The minimum Gasteiger partial charge on any atom is -0.309 e. The fraction of sp³-hybridized carbons (Fsp3) is 0.147. The van der Waals surface area contributed by atoms with Gasteiger partial charge in [0.25, 0.3) is 0 Å². The number of aromatic nitrogens is 1. The monoisotopic (exact) mass is 885 g/mol. The fourth-order valence-corrected chi connectivity index (χ4v) is 12.6. The molecule has 1 nitrogen and oxygen atoms in total. The van der Waals surface area contributed by atoms with Crippen molar-refractivity contribution in [2.24, 2.45) is 0 Å². The van der Waals surface area contributed by atoms with Crippen LogP contribution in [0.15, 0.2) is 200 Å². The van der Waals surface area contributed by atoms with Crippen LogP contribution in [0.1, 0.15) is 91.8 Å².